The number of methoxy groups -OCH3 is 1. The van der Waals surface area contributed by atoms with E-state index in [2.05, 4.69) is 25.5 Å². The summed E-state index contributed by atoms with van der Waals surface area (Å²) < 4.78 is 6.69. The van der Waals surface area contributed by atoms with Crippen LogP contribution in [0.2, 0.25) is 0 Å². The first kappa shape index (κ1) is 19.5. The SMILES string of the molecule is COC(=O)[C@H](Cc1cnc[nH]1)NC(=O)Cn1c(-c2ccc(C)cc2)n[nH]c1=S. The van der Waals surface area contributed by atoms with E-state index >= 15 is 0 Å². The molecule has 0 fully saturated rings. The molecule has 1 atom stereocenters. The molecule has 1 aromatic carbocycles. The van der Waals surface area contributed by atoms with Crippen molar-refractivity contribution in [2.24, 2.45) is 0 Å². The van der Waals surface area contributed by atoms with Crippen LogP contribution in [0.15, 0.2) is 36.8 Å². The number of benzene rings is 1. The van der Waals surface area contributed by atoms with Crippen molar-refractivity contribution < 1.29 is 14.3 Å². The highest BCUT2D eigenvalue weighted by Crippen LogP contribution is 2.17. The molecule has 3 N–H and O–H groups in total. The van der Waals surface area contributed by atoms with Gasteiger partial charge in [0.1, 0.15) is 12.6 Å². The minimum absolute atomic E-state index is 0.0883. The molecule has 9 nitrogen and oxygen atoms in total. The van der Waals surface area contributed by atoms with Crippen molar-refractivity contribution in [3.8, 4) is 11.4 Å². The lowest BCUT2D eigenvalue weighted by molar-refractivity contribution is -0.145. The Morgan fingerprint density at radius 2 is 2.07 bits per heavy atom. The Morgan fingerprint density at radius 3 is 2.71 bits per heavy atom. The van der Waals surface area contributed by atoms with Gasteiger partial charge in [-0.05, 0) is 19.1 Å². The van der Waals surface area contributed by atoms with Gasteiger partial charge in [-0.25, -0.2) is 9.78 Å². The van der Waals surface area contributed by atoms with Gasteiger partial charge in [0.2, 0.25) is 5.91 Å². The monoisotopic (exact) mass is 400 g/mol. The molecule has 10 heteroatoms. The normalized spacial score (nSPS) is 11.8. The number of nitrogens with one attached hydrogen (secondary N) is 3. The molecule has 0 bridgehead atoms. The van der Waals surface area contributed by atoms with E-state index in [0.717, 1.165) is 11.1 Å². The highest BCUT2D eigenvalue weighted by molar-refractivity contribution is 7.71. The summed E-state index contributed by atoms with van der Waals surface area (Å²) in [6.07, 6.45) is 3.33. The number of hydrogen-bond donors (Lipinski definition) is 3. The van der Waals surface area contributed by atoms with Gasteiger partial charge in [0.25, 0.3) is 0 Å². The predicted molar refractivity (Wildman–Crippen MR) is 104 cm³/mol. The van der Waals surface area contributed by atoms with E-state index in [0.29, 0.717) is 16.3 Å². The van der Waals surface area contributed by atoms with Crippen molar-refractivity contribution in [2.75, 3.05) is 7.11 Å². The molecule has 28 heavy (non-hydrogen) atoms. The molecule has 0 spiro atoms. The molecule has 3 aromatic rings. The van der Waals surface area contributed by atoms with Gasteiger partial charge in [0.15, 0.2) is 10.6 Å². The largest absolute Gasteiger partial charge is 0.467 e. The van der Waals surface area contributed by atoms with E-state index in [4.69, 9.17) is 17.0 Å². The summed E-state index contributed by atoms with van der Waals surface area (Å²) in [6, 6.07) is 6.88. The Balaban J connectivity index is 1.76. The van der Waals surface area contributed by atoms with Crippen LogP contribution in [-0.4, -0.2) is 49.8 Å². The average Bonchev–Trinajstić information content (AvgIpc) is 3.32. The van der Waals surface area contributed by atoms with Crippen LogP contribution in [0.3, 0.4) is 0 Å². The maximum absolute atomic E-state index is 12.6. The van der Waals surface area contributed by atoms with E-state index in [-0.39, 0.29) is 18.9 Å². The van der Waals surface area contributed by atoms with Gasteiger partial charge in [-0.15, -0.1) is 0 Å². The number of amides is 1. The van der Waals surface area contributed by atoms with E-state index in [1.165, 1.54) is 13.4 Å². The first-order chi connectivity index (χ1) is 13.5. The van der Waals surface area contributed by atoms with Crippen LogP contribution in [0.5, 0.6) is 0 Å². The summed E-state index contributed by atoms with van der Waals surface area (Å²) in [5, 5.41) is 9.62. The van der Waals surface area contributed by atoms with Crippen LogP contribution in [0.4, 0.5) is 0 Å². The fraction of sp³-hybridized carbons (Fsp3) is 0.278. The van der Waals surface area contributed by atoms with Crippen LogP contribution in [0, 0.1) is 11.7 Å². The lowest BCUT2D eigenvalue weighted by Crippen LogP contribution is -2.44. The first-order valence-electron chi connectivity index (χ1n) is 8.54. The zero-order valence-corrected chi connectivity index (χ0v) is 16.2. The molecule has 146 valence electrons. The van der Waals surface area contributed by atoms with E-state index in [1.54, 1.807) is 10.8 Å². The maximum Gasteiger partial charge on any atom is 0.328 e. The summed E-state index contributed by atoms with van der Waals surface area (Å²) in [4.78, 5) is 31.5. The zero-order chi connectivity index (χ0) is 20.1. The van der Waals surface area contributed by atoms with Crippen LogP contribution >= 0.6 is 12.2 Å². The number of esters is 1. The van der Waals surface area contributed by atoms with E-state index in [1.807, 2.05) is 31.2 Å². The quantitative estimate of drug-likeness (QED) is 0.409. The van der Waals surface area contributed by atoms with Gasteiger partial charge >= 0.3 is 5.97 Å². The van der Waals surface area contributed by atoms with Crippen LogP contribution in [-0.2, 0) is 27.3 Å². The van der Waals surface area contributed by atoms with Gasteiger partial charge in [-0.1, -0.05) is 29.8 Å². The Morgan fingerprint density at radius 1 is 1.32 bits per heavy atom. The van der Waals surface area contributed by atoms with Crippen molar-refractivity contribution in [1.82, 2.24) is 30.0 Å². The maximum atomic E-state index is 12.6. The number of carbonyl (C=O) groups excluding carboxylic acids is 2. The standard InChI is InChI=1S/C18H20N6O3S/c1-11-3-5-12(6-4-11)16-22-23-18(28)24(16)9-15(25)21-14(17(26)27-2)7-13-8-19-10-20-13/h3-6,8,10,14H,7,9H2,1-2H3,(H,19,20)(H,21,25)(H,23,28)/t14-/m0/s1. The fourth-order valence-corrected chi connectivity index (χ4v) is 2.92. The smallest absolute Gasteiger partial charge is 0.328 e. The Kier molecular flexibility index (Phi) is 5.99. The predicted octanol–water partition coefficient (Wildman–Crippen LogP) is 1.54. The van der Waals surface area contributed by atoms with Crippen molar-refractivity contribution in [3.63, 3.8) is 0 Å². The van der Waals surface area contributed by atoms with Gasteiger partial charge in [-0.3, -0.25) is 14.5 Å². The lowest BCUT2D eigenvalue weighted by Gasteiger charge is -2.16. The highest BCUT2D eigenvalue weighted by Gasteiger charge is 2.23. The molecule has 2 aromatic heterocycles. The number of aromatic nitrogens is 5. The van der Waals surface area contributed by atoms with Crippen LogP contribution in [0.25, 0.3) is 11.4 Å². The third-order valence-electron chi connectivity index (χ3n) is 4.17. The molecule has 3 rings (SSSR count). The Bertz CT molecular complexity index is 1010. The van der Waals surface area contributed by atoms with Crippen molar-refractivity contribution in [1.29, 1.82) is 0 Å². The minimum atomic E-state index is -0.846. The second kappa shape index (κ2) is 8.61. The van der Waals surface area contributed by atoms with Crippen LogP contribution < -0.4 is 5.32 Å². The Hall–Kier alpha value is -3.27. The average molecular weight is 400 g/mol. The number of ether oxygens (including phenoxy) is 1. The molecule has 0 aliphatic carbocycles. The molecule has 0 unspecified atom stereocenters. The van der Waals surface area contributed by atoms with Crippen molar-refractivity contribution in [2.45, 2.75) is 25.9 Å². The summed E-state index contributed by atoms with van der Waals surface area (Å²) >= 11 is 5.26. The minimum Gasteiger partial charge on any atom is -0.467 e. The van der Waals surface area contributed by atoms with Crippen LogP contribution in [0.1, 0.15) is 11.3 Å². The third kappa shape index (κ3) is 4.52. The fourth-order valence-electron chi connectivity index (χ4n) is 2.72. The molecule has 0 aliphatic heterocycles. The molecule has 0 saturated carbocycles. The molecule has 0 radical (unpaired) electrons. The summed E-state index contributed by atoms with van der Waals surface area (Å²) in [5.74, 6) is -0.387. The molecule has 2 heterocycles. The number of carbonyl (C=O) groups is 2. The van der Waals surface area contributed by atoms with Gasteiger partial charge in [0, 0.05) is 23.9 Å². The van der Waals surface area contributed by atoms with E-state index < -0.39 is 12.0 Å². The van der Waals surface area contributed by atoms with Crippen molar-refractivity contribution in [3.05, 3.63) is 52.8 Å². The molecular weight excluding hydrogens is 380 g/mol. The molecule has 0 saturated heterocycles. The molecule has 0 aliphatic rings. The zero-order valence-electron chi connectivity index (χ0n) is 15.4. The summed E-state index contributed by atoms with van der Waals surface area (Å²) in [6.45, 7) is 1.90. The lowest BCUT2D eigenvalue weighted by atomic mass is 10.1. The van der Waals surface area contributed by atoms with Gasteiger partial charge in [0.05, 0.1) is 13.4 Å². The highest BCUT2D eigenvalue weighted by atomic mass is 32.1. The Labute approximate surface area is 166 Å². The summed E-state index contributed by atoms with van der Waals surface area (Å²) in [5.41, 5.74) is 2.64. The summed E-state index contributed by atoms with van der Waals surface area (Å²) in [7, 11) is 1.27. The second-order valence-electron chi connectivity index (χ2n) is 6.23. The van der Waals surface area contributed by atoms with Crippen molar-refractivity contribution >= 4 is 24.1 Å². The van der Waals surface area contributed by atoms with E-state index in [9.17, 15) is 9.59 Å². The topological polar surface area (TPSA) is 118 Å². The number of imidazole rings is 1. The number of hydrogen-bond acceptors (Lipinski definition) is 6. The van der Waals surface area contributed by atoms with Gasteiger partial charge in [-0.2, -0.15) is 5.10 Å². The second-order valence-corrected chi connectivity index (χ2v) is 6.62. The number of nitrogens with zero attached hydrogens (tertiary/aromatic N) is 3. The molecule has 1 amide bonds. The number of aryl methyl sites for hydroxylation is 1. The number of H-pyrrole nitrogens is 2. The van der Waals surface area contributed by atoms with Gasteiger partial charge < -0.3 is 15.0 Å². The molecular formula is C18H20N6O3S. The number of aromatic amines is 2. The number of rotatable bonds is 7. The third-order valence-corrected chi connectivity index (χ3v) is 4.48. The first-order valence-corrected chi connectivity index (χ1v) is 8.95.